The summed E-state index contributed by atoms with van der Waals surface area (Å²) in [6.45, 7) is 0. The molecule has 0 spiro atoms. The van der Waals surface area contributed by atoms with Crippen LogP contribution in [0.5, 0.6) is 0 Å². The summed E-state index contributed by atoms with van der Waals surface area (Å²) in [4.78, 5) is 11.4. The molecule has 0 radical (unpaired) electrons. The number of ether oxygens (including phenoxy) is 1. The Kier molecular flexibility index (Phi) is 5.20. The van der Waals surface area contributed by atoms with Crippen molar-refractivity contribution < 1.29 is 27.1 Å². The van der Waals surface area contributed by atoms with Crippen LogP contribution in [-0.2, 0) is 11.2 Å². The highest BCUT2D eigenvalue weighted by Crippen LogP contribution is 2.25. The molecule has 2 aromatic rings. The van der Waals surface area contributed by atoms with Crippen LogP contribution in [0.1, 0.15) is 17.2 Å². The molecule has 122 valence electrons. The molecule has 23 heavy (non-hydrogen) atoms. The van der Waals surface area contributed by atoms with Crippen LogP contribution in [-0.4, -0.2) is 13.2 Å². The van der Waals surface area contributed by atoms with Gasteiger partial charge in [-0.3, -0.25) is 0 Å². The van der Waals surface area contributed by atoms with E-state index in [1.807, 2.05) is 0 Å². The van der Waals surface area contributed by atoms with Gasteiger partial charge in [0.1, 0.15) is 0 Å². The van der Waals surface area contributed by atoms with Gasteiger partial charge in [0.15, 0.2) is 23.3 Å². The average molecular weight is 327 g/mol. The summed E-state index contributed by atoms with van der Waals surface area (Å²) in [6.07, 6.45) is -1.19. The molecule has 0 bridgehead atoms. The molecule has 0 aliphatic carbocycles. The summed E-state index contributed by atoms with van der Waals surface area (Å²) >= 11 is 0. The van der Waals surface area contributed by atoms with Crippen LogP contribution >= 0.6 is 0 Å². The molecule has 1 N–H and O–H groups in total. The van der Waals surface area contributed by atoms with Gasteiger partial charge in [0, 0.05) is 12.0 Å². The Morgan fingerprint density at radius 1 is 1.04 bits per heavy atom. The maximum Gasteiger partial charge on any atom is 0.407 e. The number of methoxy groups -OCH3 is 1. The predicted molar refractivity (Wildman–Crippen MR) is 74.7 cm³/mol. The quantitative estimate of drug-likeness (QED) is 0.866. The summed E-state index contributed by atoms with van der Waals surface area (Å²) in [5.41, 5.74) is -0.283. The molecule has 2 aromatic carbocycles. The van der Waals surface area contributed by atoms with Crippen molar-refractivity contribution in [2.24, 2.45) is 0 Å². The molecular formula is C16H13F4NO2. The lowest BCUT2D eigenvalue weighted by Gasteiger charge is -2.19. The molecule has 0 fully saturated rings. The Morgan fingerprint density at radius 3 is 2.30 bits per heavy atom. The molecule has 0 saturated heterocycles. The van der Waals surface area contributed by atoms with Gasteiger partial charge in [-0.15, -0.1) is 0 Å². The van der Waals surface area contributed by atoms with Crippen LogP contribution in [0.2, 0.25) is 0 Å². The maximum atomic E-state index is 14.0. The minimum atomic E-state index is -1.18. The fraction of sp³-hybridized carbons (Fsp3) is 0.188. The minimum absolute atomic E-state index is 0.0879. The molecule has 1 unspecified atom stereocenters. The van der Waals surface area contributed by atoms with E-state index in [1.54, 1.807) is 0 Å². The lowest BCUT2D eigenvalue weighted by molar-refractivity contribution is 0.166. The lowest BCUT2D eigenvalue weighted by atomic mass is 9.98. The van der Waals surface area contributed by atoms with Crippen molar-refractivity contribution in [2.75, 3.05) is 7.11 Å². The summed E-state index contributed by atoms with van der Waals surface area (Å²) in [7, 11) is 1.09. The maximum absolute atomic E-state index is 14.0. The van der Waals surface area contributed by atoms with Gasteiger partial charge in [-0.2, -0.15) is 0 Å². The van der Waals surface area contributed by atoms with Crippen molar-refractivity contribution in [3.05, 3.63) is 70.8 Å². The van der Waals surface area contributed by atoms with Gasteiger partial charge >= 0.3 is 6.09 Å². The topological polar surface area (TPSA) is 38.3 Å². The van der Waals surface area contributed by atoms with Gasteiger partial charge < -0.3 is 10.1 Å². The Bertz CT molecular complexity index is 721. The van der Waals surface area contributed by atoms with Crippen molar-refractivity contribution in [1.82, 2.24) is 5.32 Å². The van der Waals surface area contributed by atoms with Crippen LogP contribution in [0.15, 0.2) is 36.4 Å². The molecule has 1 atom stereocenters. The molecule has 2 rings (SSSR count). The van der Waals surface area contributed by atoms with Crippen LogP contribution in [0.4, 0.5) is 22.4 Å². The van der Waals surface area contributed by atoms with E-state index in [0.717, 1.165) is 19.2 Å². The molecule has 0 aliphatic heterocycles. The van der Waals surface area contributed by atoms with Crippen molar-refractivity contribution in [3.63, 3.8) is 0 Å². The van der Waals surface area contributed by atoms with E-state index in [-0.39, 0.29) is 17.5 Å². The van der Waals surface area contributed by atoms with Crippen molar-refractivity contribution in [2.45, 2.75) is 12.5 Å². The number of carbonyl (C=O) groups is 1. The van der Waals surface area contributed by atoms with E-state index in [9.17, 15) is 22.4 Å². The normalized spacial score (nSPS) is 11.9. The Hall–Kier alpha value is -2.57. The standard InChI is InChI=1S/C16H13F4NO2/c1-23-16(22)21-13(10-5-3-7-12(18)15(10)20)8-9-4-2-6-11(17)14(9)19/h2-7,13H,8H2,1H3,(H,21,22). The third-order valence-electron chi connectivity index (χ3n) is 3.29. The number of hydrogen-bond donors (Lipinski definition) is 1. The summed E-state index contributed by atoms with van der Waals surface area (Å²) in [5.74, 6) is -4.47. The molecule has 0 heterocycles. The zero-order valence-corrected chi connectivity index (χ0v) is 12.1. The molecule has 7 heteroatoms. The SMILES string of the molecule is COC(=O)NC(Cc1cccc(F)c1F)c1cccc(F)c1F. The second kappa shape index (κ2) is 7.13. The lowest BCUT2D eigenvalue weighted by Crippen LogP contribution is -2.30. The van der Waals surface area contributed by atoms with Gasteiger partial charge in [-0.05, 0) is 17.7 Å². The number of carbonyl (C=O) groups excluding carboxylic acids is 1. The summed E-state index contributed by atoms with van der Waals surface area (Å²) in [6, 6.07) is 5.79. The molecule has 0 saturated carbocycles. The number of amides is 1. The summed E-state index contributed by atoms with van der Waals surface area (Å²) < 4.78 is 58.8. The first kappa shape index (κ1) is 16.8. The zero-order chi connectivity index (χ0) is 17.0. The Morgan fingerprint density at radius 2 is 1.65 bits per heavy atom. The first-order chi connectivity index (χ1) is 10.9. The Labute approximate surface area is 129 Å². The van der Waals surface area contributed by atoms with E-state index in [4.69, 9.17) is 0 Å². The number of alkyl carbamates (subject to hydrolysis) is 1. The average Bonchev–Trinajstić information content (AvgIpc) is 2.53. The van der Waals surface area contributed by atoms with Gasteiger partial charge in [0.25, 0.3) is 0 Å². The third kappa shape index (κ3) is 3.80. The van der Waals surface area contributed by atoms with E-state index in [2.05, 4.69) is 10.1 Å². The van der Waals surface area contributed by atoms with Gasteiger partial charge in [-0.25, -0.2) is 22.4 Å². The monoisotopic (exact) mass is 327 g/mol. The number of nitrogens with one attached hydrogen (secondary N) is 1. The van der Waals surface area contributed by atoms with Crippen molar-refractivity contribution >= 4 is 6.09 Å². The van der Waals surface area contributed by atoms with Gasteiger partial charge in [0.2, 0.25) is 0 Å². The second-order valence-electron chi connectivity index (χ2n) is 4.75. The van der Waals surface area contributed by atoms with Crippen molar-refractivity contribution in [3.8, 4) is 0 Å². The largest absolute Gasteiger partial charge is 0.453 e. The first-order valence-electron chi connectivity index (χ1n) is 6.65. The summed E-state index contributed by atoms with van der Waals surface area (Å²) in [5, 5.41) is 2.29. The number of halogens is 4. The van der Waals surface area contributed by atoms with E-state index in [0.29, 0.717) is 0 Å². The zero-order valence-electron chi connectivity index (χ0n) is 12.1. The fourth-order valence-electron chi connectivity index (χ4n) is 2.16. The Balaban J connectivity index is 2.40. The van der Waals surface area contributed by atoms with Gasteiger partial charge in [0.05, 0.1) is 13.2 Å². The van der Waals surface area contributed by atoms with Crippen LogP contribution in [0.25, 0.3) is 0 Å². The van der Waals surface area contributed by atoms with Crippen LogP contribution in [0.3, 0.4) is 0 Å². The molecule has 1 amide bonds. The van der Waals surface area contributed by atoms with Crippen molar-refractivity contribution in [1.29, 1.82) is 0 Å². The molecular weight excluding hydrogens is 314 g/mol. The molecule has 0 aromatic heterocycles. The molecule has 3 nitrogen and oxygen atoms in total. The smallest absolute Gasteiger partial charge is 0.407 e. The number of rotatable bonds is 4. The van der Waals surface area contributed by atoms with E-state index in [1.165, 1.54) is 24.3 Å². The minimum Gasteiger partial charge on any atom is -0.453 e. The van der Waals surface area contributed by atoms with E-state index >= 15 is 0 Å². The highest BCUT2D eigenvalue weighted by Gasteiger charge is 2.23. The van der Waals surface area contributed by atoms with Crippen LogP contribution < -0.4 is 5.32 Å². The second-order valence-corrected chi connectivity index (χ2v) is 4.75. The number of hydrogen-bond acceptors (Lipinski definition) is 2. The third-order valence-corrected chi connectivity index (χ3v) is 3.29. The van der Waals surface area contributed by atoms with Crippen LogP contribution in [0, 0.1) is 23.3 Å². The van der Waals surface area contributed by atoms with Gasteiger partial charge in [-0.1, -0.05) is 24.3 Å². The van der Waals surface area contributed by atoms with E-state index < -0.39 is 35.4 Å². The highest BCUT2D eigenvalue weighted by molar-refractivity contribution is 5.67. The first-order valence-corrected chi connectivity index (χ1v) is 6.65. The molecule has 0 aliphatic rings. The fourth-order valence-corrected chi connectivity index (χ4v) is 2.16. The number of benzene rings is 2. The highest BCUT2D eigenvalue weighted by atomic mass is 19.2. The predicted octanol–water partition coefficient (Wildman–Crippen LogP) is 3.88.